The highest BCUT2D eigenvalue weighted by Crippen LogP contribution is 2.17. The smallest absolute Gasteiger partial charge is 0.261 e. The minimum Gasteiger partial charge on any atom is -0.347 e. The quantitative estimate of drug-likeness (QED) is 0.871. The summed E-state index contributed by atoms with van der Waals surface area (Å²) in [4.78, 5) is 12.8. The molecule has 0 bridgehead atoms. The molecule has 2 N–H and O–H groups in total. The Bertz CT molecular complexity index is 348. The molecule has 0 aliphatic carbocycles. The van der Waals surface area contributed by atoms with Crippen molar-refractivity contribution in [2.75, 3.05) is 13.1 Å². The standard InChI is InChI=1S/C11H16N2OS.ClH/c1-2-8-4-6-15-10(8)11(14)13-9-3-5-12-7-9;/h4,6,9,12H,2-3,5,7H2,1H3,(H,13,14);1H. The first-order valence-corrected chi connectivity index (χ1v) is 6.27. The Labute approximate surface area is 106 Å². The monoisotopic (exact) mass is 260 g/mol. The molecule has 1 aromatic heterocycles. The number of hydrogen-bond donors (Lipinski definition) is 2. The molecule has 0 radical (unpaired) electrons. The lowest BCUT2D eigenvalue weighted by molar-refractivity contribution is 0.0943. The molecule has 0 spiro atoms. The van der Waals surface area contributed by atoms with E-state index in [4.69, 9.17) is 0 Å². The SMILES string of the molecule is CCc1ccsc1C(=O)NC1CCNC1.Cl. The van der Waals surface area contributed by atoms with E-state index in [0.717, 1.165) is 36.4 Å². The number of carbonyl (C=O) groups is 1. The number of aryl methyl sites for hydroxylation is 1. The van der Waals surface area contributed by atoms with Gasteiger partial charge in [-0.05, 0) is 36.4 Å². The molecule has 1 fully saturated rings. The summed E-state index contributed by atoms with van der Waals surface area (Å²) in [6.45, 7) is 3.99. The molecular weight excluding hydrogens is 244 g/mol. The van der Waals surface area contributed by atoms with Gasteiger partial charge in [0.1, 0.15) is 0 Å². The van der Waals surface area contributed by atoms with Gasteiger partial charge in [-0.3, -0.25) is 4.79 Å². The van der Waals surface area contributed by atoms with Crippen LogP contribution in [0.15, 0.2) is 11.4 Å². The van der Waals surface area contributed by atoms with Crippen molar-refractivity contribution < 1.29 is 4.79 Å². The summed E-state index contributed by atoms with van der Waals surface area (Å²) in [6.07, 6.45) is 1.97. The zero-order valence-electron chi connectivity index (χ0n) is 9.29. The van der Waals surface area contributed by atoms with E-state index >= 15 is 0 Å². The van der Waals surface area contributed by atoms with Gasteiger partial charge >= 0.3 is 0 Å². The van der Waals surface area contributed by atoms with Gasteiger partial charge in [0.15, 0.2) is 0 Å². The minimum atomic E-state index is 0. The third-order valence-electron chi connectivity index (χ3n) is 2.73. The van der Waals surface area contributed by atoms with Gasteiger partial charge in [0.05, 0.1) is 4.88 Å². The molecule has 1 atom stereocenters. The van der Waals surface area contributed by atoms with E-state index in [1.807, 2.05) is 11.4 Å². The van der Waals surface area contributed by atoms with Crippen LogP contribution in [0.25, 0.3) is 0 Å². The summed E-state index contributed by atoms with van der Waals surface area (Å²) >= 11 is 1.53. The molecule has 1 amide bonds. The number of carbonyl (C=O) groups excluding carboxylic acids is 1. The summed E-state index contributed by atoms with van der Waals surface area (Å²) in [5.74, 6) is 0.0931. The van der Waals surface area contributed by atoms with Crippen LogP contribution in [0.4, 0.5) is 0 Å². The van der Waals surface area contributed by atoms with E-state index in [-0.39, 0.29) is 18.3 Å². The predicted molar refractivity (Wildman–Crippen MR) is 69.7 cm³/mol. The number of hydrogen-bond acceptors (Lipinski definition) is 3. The number of thiophene rings is 1. The highest BCUT2D eigenvalue weighted by Gasteiger charge is 2.19. The third kappa shape index (κ3) is 2.97. The van der Waals surface area contributed by atoms with E-state index in [1.165, 1.54) is 11.3 Å². The number of rotatable bonds is 3. The Morgan fingerprint density at radius 2 is 2.50 bits per heavy atom. The van der Waals surface area contributed by atoms with E-state index < -0.39 is 0 Å². The van der Waals surface area contributed by atoms with E-state index in [0.29, 0.717) is 6.04 Å². The summed E-state index contributed by atoms with van der Waals surface area (Å²) < 4.78 is 0. The zero-order valence-corrected chi connectivity index (χ0v) is 10.9. The van der Waals surface area contributed by atoms with Crippen LogP contribution in [0.3, 0.4) is 0 Å². The van der Waals surface area contributed by atoms with Crippen LogP contribution in [-0.2, 0) is 6.42 Å². The molecule has 1 aliphatic rings. The van der Waals surface area contributed by atoms with Crippen molar-refractivity contribution in [3.05, 3.63) is 21.9 Å². The first-order chi connectivity index (χ1) is 7.31. The van der Waals surface area contributed by atoms with Crippen LogP contribution < -0.4 is 10.6 Å². The summed E-state index contributed by atoms with van der Waals surface area (Å²) in [5.41, 5.74) is 1.16. The Morgan fingerprint density at radius 1 is 1.69 bits per heavy atom. The average molecular weight is 261 g/mol. The molecule has 2 rings (SSSR count). The summed E-state index contributed by atoms with van der Waals surface area (Å²) in [6, 6.07) is 2.34. The van der Waals surface area contributed by atoms with E-state index in [2.05, 4.69) is 17.6 Å². The van der Waals surface area contributed by atoms with Crippen molar-refractivity contribution in [1.82, 2.24) is 10.6 Å². The number of amides is 1. The van der Waals surface area contributed by atoms with Gasteiger partial charge < -0.3 is 10.6 Å². The second-order valence-corrected chi connectivity index (χ2v) is 4.71. The first kappa shape index (κ1) is 13.5. The fourth-order valence-electron chi connectivity index (χ4n) is 1.84. The lowest BCUT2D eigenvalue weighted by Gasteiger charge is -2.10. The molecule has 16 heavy (non-hydrogen) atoms. The van der Waals surface area contributed by atoms with Crippen LogP contribution in [0.2, 0.25) is 0 Å². The fourth-order valence-corrected chi connectivity index (χ4v) is 2.74. The van der Waals surface area contributed by atoms with Crippen molar-refractivity contribution in [3.63, 3.8) is 0 Å². The van der Waals surface area contributed by atoms with Crippen molar-refractivity contribution in [2.24, 2.45) is 0 Å². The molecule has 90 valence electrons. The Morgan fingerprint density at radius 3 is 3.12 bits per heavy atom. The Kier molecular flexibility index (Phi) is 5.25. The van der Waals surface area contributed by atoms with E-state index in [9.17, 15) is 4.79 Å². The molecule has 1 aromatic rings. The van der Waals surface area contributed by atoms with Crippen LogP contribution in [0.1, 0.15) is 28.6 Å². The highest BCUT2D eigenvalue weighted by molar-refractivity contribution is 7.12. The Hall–Kier alpha value is -0.580. The average Bonchev–Trinajstić information content (AvgIpc) is 2.86. The number of nitrogens with one attached hydrogen (secondary N) is 2. The highest BCUT2D eigenvalue weighted by atomic mass is 35.5. The van der Waals surface area contributed by atoms with Crippen molar-refractivity contribution in [2.45, 2.75) is 25.8 Å². The molecular formula is C11H17ClN2OS. The molecule has 3 nitrogen and oxygen atoms in total. The van der Waals surface area contributed by atoms with Gasteiger partial charge in [-0.2, -0.15) is 0 Å². The molecule has 0 saturated carbocycles. The summed E-state index contributed by atoms with van der Waals surface area (Å²) in [7, 11) is 0. The lowest BCUT2D eigenvalue weighted by Crippen LogP contribution is -2.36. The van der Waals surface area contributed by atoms with Crippen molar-refractivity contribution in [1.29, 1.82) is 0 Å². The second-order valence-electron chi connectivity index (χ2n) is 3.79. The topological polar surface area (TPSA) is 41.1 Å². The third-order valence-corrected chi connectivity index (χ3v) is 3.68. The maximum atomic E-state index is 11.9. The van der Waals surface area contributed by atoms with Gasteiger partial charge in [0.2, 0.25) is 0 Å². The maximum absolute atomic E-state index is 11.9. The normalized spacial score (nSPS) is 19.2. The molecule has 0 aromatic carbocycles. The Balaban J connectivity index is 0.00000128. The number of halogens is 1. The molecule has 1 aliphatic heterocycles. The van der Waals surface area contributed by atoms with Crippen molar-refractivity contribution in [3.8, 4) is 0 Å². The molecule has 2 heterocycles. The van der Waals surface area contributed by atoms with Gasteiger partial charge in [0.25, 0.3) is 5.91 Å². The van der Waals surface area contributed by atoms with Crippen LogP contribution in [-0.4, -0.2) is 25.0 Å². The van der Waals surface area contributed by atoms with Gasteiger partial charge in [-0.1, -0.05) is 6.92 Å². The fraction of sp³-hybridized carbons (Fsp3) is 0.545. The summed E-state index contributed by atoms with van der Waals surface area (Å²) in [5, 5.41) is 8.29. The lowest BCUT2D eigenvalue weighted by atomic mass is 10.2. The van der Waals surface area contributed by atoms with Crippen LogP contribution in [0, 0.1) is 0 Å². The second kappa shape index (κ2) is 6.23. The minimum absolute atomic E-state index is 0. The predicted octanol–water partition coefficient (Wildman–Crippen LogP) is 1.82. The van der Waals surface area contributed by atoms with Crippen molar-refractivity contribution >= 4 is 29.7 Å². The van der Waals surface area contributed by atoms with Gasteiger partial charge in [-0.15, -0.1) is 23.7 Å². The van der Waals surface area contributed by atoms with Crippen LogP contribution >= 0.6 is 23.7 Å². The zero-order chi connectivity index (χ0) is 10.7. The first-order valence-electron chi connectivity index (χ1n) is 5.39. The molecule has 1 saturated heterocycles. The maximum Gasteiger partial charge on any atom is 0.261 e. The van der Waals surface area contributed by atoms with Crippen LogP contribution in [0.5, 0.6) is 0 Å². The molecule has 1 unspecified atom stereocenters. The molecule has 5 heteroatoms. The van der Waals surface area contributed by atoms with Gasteiger partial charge in [-0.25, -0.2) is 0 Å². The van der Waals surface area contributed by atoms with E-state index in [1.54, 1.807) is 0 Å². The largest absolute Gasteiger partial charge is 0.347 e. The van der Waals surface area contributed by atoms with Gasteiger partial charge in [0, 0.05) is 12.6 Å².